The Labute approximate surface area is 143 Å². The molecule has 1 aliphatic rings. The fourth-order valence-corrected chi connectivity index (χ4v) is 3.46. The number of amides is 1. The molecule has 0 spiro atoms. The molecule has 0 atom stereocenters. The third-order valence-corrected chi connectivity index (χ3v) is 4.92. The Hall–Kier alpha value is -2.14. The van der Waals surface area contributed by atoms with Gasteiger partial charge in [-0.25, -0.2) is 0 Å². The molecule has 0 aliphatic heterocycles. The van der Waals surface area contributed by atoms with Gasteiger partial charge >= 0.3 is 0 Å². The van der Waals surface area contributed by atoms with E-state index in [-0.39, 0.29) is 11.6 Å². The summed E-state index contributed by atoms with van der Waals surface area (Å²) in [7, 11) is 1.93. The van der Waals surface area contributed by atoms with Gasteiger partial charge in [-0.1, -0.05) is 36.8 Å². The molecule has 128 valence electrons. The fourth-order valence-electron chi connectivity index (χ4n) is 3.46. The van der Waals surface area contributed by atoms with Crippen molar-refractivity contribution in [3.8, 4) is 11.3 Å². The molecule has 1 saturated carbocycles. The summed E-state index contributed by atoms with van der Waals surface area (Å²) >= 11 is 0. The number of hydrogen-bond acceptors (Lipinski definition) is 3. The van der Waals surface area contributed by atoms with Gasteiger partial charge in [-0.05, 0) is 45.7 Å². The summed E-state index contributed by atoms with van der Waals surface area (Å²) in [5.74, 6) is -0.0530. The van der Waals surface area contributed by atoms with E-state index in [9.17, 15) is 4.79 Å². The van der Waals surface area contributed by atoms with E-state index < -0.39 is 0 Å². The molecular formula is C19H26N4O. The fraction of sp³-hybridized carbons (Fsp3) is 0.474. The lowest BCUT2D eigenvalue weighted by Gasteiger charge is -2.37. The first-order chi connectivity index (χ1) is 11.7. The van der Waals surface area contributed by atoms with Gasteiger partial charge in [0.2, 0.25) is 0 Å². The second-order valence-electron chi connectivity index (χ2n) is 6.44. The minimum absolute atomic E-state index is 0.0530. The highest BCUT2D eigenvalue weighted by Crippen LogP contribution is 2.26. The van der Waals surface area contributed by atoms with Crippen molar-refractivity contribution in [3.05, 3.63) is 42.1 Å². The molecular weight excluding hydrogens is 300 g/mol. The largest absolute Gasteiger partial charge is 0.333 e. The third-order valence-electron chi connectivity index (χ3n) is 4.92. The van der Waals surface area contributed by atoms with Crippen molar-refractivity contribution in [3.63, 3.8) is 0 Å². The van der Waals surface area contributed by atoms with Crippen LogP contribution in [0.3, 0.4) is 0 Å². The molecule has 2 N–H and O–H groups in total. The summed E-state index contributed by atoms with van der Waals surface area (Å²) in [5.41, 5.74) is 2.20. The third kappa shape index (κ3) is 3.36. The second-order valence-corrected chi connectivity index (χ2v) is 6.44. The highest BCUT2D eigenvalue weighted by molar-refractivity contribution is 5.94. The highest BCUT2D eigenvalue weighted by atomic mass is 16.2. The predicted molar refractivity (Wildman–Crippen MR) is 95.7 cm³/mol. The Morgan fingerprint density at radius 3 is 2.54 bits per heavy atom. The van der Waals surface area contributed by atoms with Gasteiger partial charge in [0, 0.05) is 12.1 Å². The summed E-state index contributed by atoms with van der Waals surface area (Å²) < 4.78 is 1.78. The summed E-state index contributed by atoms with van der Waals surface area (Å²) in [4.78, 5) is 12.9. The van der Waals surface area contributed by atoms with E-state index in [0.29, 0.717) is 12.2 Å². The van der Waals surface area contributed by atoms with Crippen LogP contribution in [-0.4, -0.2) is 28.4 Å². The second kappa shape index (κ2) is 7.18. The van der Waals surface area contributed by atoms with Crippen molar-refractivity contribution in [1.29, 1.82) is 0 Å². The first-order valence-corrected chi connectivity index (χ1v) is 8.82. The van der Waals surface area contributed by atoms with Crippen molar-refractivity contribution in [2.75, 3.05) is 7.05 Å². The van der Waals surface area contributed by atoms with E-state index in [1.165, 1.54) is 6.42 Å². The summed E-state index contributed by atoms with van der Waals surface area (Å²) in [6.07, 6.45) is 5.47. The molecule has 1 amide bonds. The van der Waals surface area contributed by atoms with Crippen LogP contribution in [0.5, 0.6) is 0 Å². The molecule has 0 saturated heterocycles. The molecule has 2 aromatic rings. The molecule has 0 bridgehead atoms. The Balaban J connectivity index is 1.85. The van der Waals surface area contributed by atoms with E-state index in [4.69, 9.17) is 0 Å². The molecule has 0 unspecified atom stereocenters. The van der Waals surface area contributed by atoms with Gasteiger partial charge in [-0.3, -0.25) is 14.8 Å². The lowest BCUT2D eigenvalue weighted by Crippen LogP contribution is -2.58. The first-order valence-electron chi connectivity index (χ1n) is 8.82. The molecule has 1 aromatic carbocycles. The van der Waals surface area contributed by atoms with Crippen LogP contribution in [0.2, 0.25) is 0 Å². The summed E-state index contributed by atoms with van der Waals surface area (Å²) in [6.45, 7) is 2.68. The number of hydrogen-bond donors (Lipinski definition) is 2. The first kappa shape index (κ1) is 16.7. The molecule has 24 heavy (non-hydrogen) atoms. The molecule has 5 nitrogen and oxygen atoms in total. The normalized spacial score (nSPS) is 16.8. The van der Waals surface area contributed by atoms with Gasteiger partial charge in [0.05, 0.1) is 11.4 Å². The Morgan fingerprint density at radius 1 is 1.21 bits per heavy atom. The number of benzene rings is 1. The van der Waals surface area contributed by atoms with Crippen LogP contribution in [0, 0.1) is 0 Å². The predicted octanol–water partition coefficient (Wildman–Crippen LogP) is 3.18. The SMILES string of the molecule is CCn1nc(-c2ccccc2)cc1C(=O)NC1(NC)CCCCC1. The zero-order chi connectivity index (χ0) is 17.0. The summed E-state index contributed by atoms with van der Waals surface area (Å²) in [6, 6.07) is 11.9. The molecule has 5 heteroatoms. The van der Waals surface area contributed by atoms with E-state index in [0.717, 1.165) is 36.9 Å². The zero-order valence-electron chi connectivity index (χ0n) is 14.5. The number of carbonyl (C=O) groups is 1. The molecule has 1 heterocycles. The minimum Gasteiger partial charge on any atom is -0.333 e. The number of rotatable bonds is 5. The van der Waals surface area contributed by atoms with Crippen LogP contribution < -0.4 is 10.6 Å². The number of nitrogens with zero attached hydrogens (tertiary/aromatic N) is 2. The van der Waals surface area contributed by atoms with Gasteiger partial charge < -0.3 is 5.32 Å². The molecule has 1 fully saturated rings. The number of carbonyl (C=O) groups excluding carboxylic acids is 1. The van der Waals surface area contributed by atoms with Crippen molar-refractivity contribution < 1.29 is 4.79 Å². The highest BCUT2D eigenvalue weighted by Gasteiger charge is 2.33. The Kier molecular flexibility index (Phi) is 5.00. The van der Waals surface area contributed by atoms with Crippen LogP contribution in [0.25, 0.3) is 11.3 Å². The van der Waals surface area contributed by atoms with Gasteiger partial charge in [0.1, 0.15) is 5.69 Å². The van der Waals surface area contributed by atoms with E-state index in [2.05, 4.69) is 15.7 Å². The number of nitrogens with one attached hydrogen (secondary N) is 2. The van der Waals surface area contributed by atoms with Crippen LogP contribution in [-0.2, 0) is 6.54 Å². The monoisotopic (exact) mass is 326 g/mol. The zero-order valence-corrected chi connectivity index (χ0v) is 14.5. The van der Waals surface area contributed by atoms with Crippen molar-refractivity contribution >= 4 is 5.91 Å². The average molecular weight is 326 g/mol. The number of aromatic nitrogens is 2. The van der Waals surface area contributed by atoms with Crippen LogP contribution >= 0.6 is 0 Å². The quantitative estimate of drug-likeness (QED) is 0.830. The Morgan fingerprint density at radius 2 is 1.92 bits per heavy atom. The molecule has 0 radical (unpaired) electrons. The van der Waals surface area contributed by atoms with Crippen molar-refractivity contribution in [2.24, 2.45) is 0 Å². The van der Waals surface area contributed by atoms with E-state index in [1.807, 2.05) is 50.4 Å². The van der Waals surface area contributed by atoms with E-state index >= 15 is 0 Å². The smallest absolute Gasteiger partial charge is 0.271 e. The lowest BCUT2D eigenvalue weighted by molar-refractivity contribution is 0.0829. The lowest BCUT2D eigenvalue weighted by atomic mass is 9.89. The topological polar surface area (TPSA) is 59.0 Å². The van der Waals surface area contributed by atoms with Gasteiger partial charge in [-0.2, -0.15) is 5.10 Å². The van der Waals surface area contributed by atoms with Crippen LogP contribution in [0.4, 0.5) is 0 Å². The van der Waals surface area contributed by atoms with E-state index in [1.54, 1.807) is 4.68 Å². The molecule has 1 aliphatic carbocycles. The van der Waals surface area contributed by atoms with Gasteiger partial charge in [0.15, 0.2) is 0 Å². The van der Waals surface area contributed by atoms with Crippen molar-refractivity contribution in [1.82, 2.24) is 20.4 Å². The van der Waals surface area contributed by atoms with Crippen LogP contribution in [0.15, 0.2) is 36.4 Å². The standard InChI is InChI=1S/C19H26N4O/c1-3-23-17(14-16(22-23)15-10-6-4-7-11-15)18(24)21-19(20-2)12-8-5-9-13-19/h4,6-7,10-11,14,20H,3,5,8-9,12-13H2,1-2H3,(H,21,24). The van der Waals surface area contributed by atoms with Crippen molar-refractivity contribution in [2.45, 2.75) is 51.2 Å². The molecule has 1 aromatic heterocycles. The minimum atomic E-state index is -0.287. The maximum Gasteiger partial charge on any atom is 0.271 e. The summed E-state index contributed by atoms with van der Waals surface area (Å²) in [5, 5.41) is 11.2. The maximum absolute atomic E-state index is 12.9. The van der Waals surface area contributed by atoms with Gasteiger partial charge in [-0.15, -0.1) is 0 Å². The molecule has 3 rings (SSSR count). The Bertz CT molecular complexity index is 687. The van der Waals surface area contributed by atoms with Crippen LogP contribution in [0.1, 0.15) is 49.5 Å². The maximum atomic E-state index is 12.9. The number of aryl methyl sites for hydroxylation is 1. The van der Waals surface area contributed by atoms with Gasteiger partial charge in [0.25, 0.3) is 5.91 Å². The average Bonchev–Trinajstić information content (AvgIpc) is 3.08.